The van der Waals surface area contributed by atoms with Gasteiger partial charge in [0.2, 0.25) is 0 Å². The highest BCUT2D eigenvalue weighted by Crippen LogP contribution is 2.23. The van der Waals surface area contributed by atoms with E-state index in [4.69, 9.17) is 21.1 Å². The van der Waals surface area contributed by atoms with Crippen molar-refractivity contribution in [1.82, 2.24) is 0 Å². The molecule has 27 heavy (non-hydrogen) atoms. The SMILES string of the molecule is Cc1ccc(NC(=O)c2ccccc2OCCOc2ccccc2)cc1Cl. The van der Waals surface area contributed by atoms with E-state index in [1.54, 1.807) is 24.3 Å². The Morgan fingerprint density at radius 2 is 1.63 bits per heavy atom. The zero-order chi connectivity index (χ0) is 19.1. The van der Waals surface area contributed by atoms with Gasteiger partial charge in [-0.3, -0.25) is 4.79 Å². The summed E-state index contributed by atoms with van der Waals surface area (Å²) in [5.41, 5.74) is 2.04. The fraction of sp³-hybridized carbons (Fsp3) is 0.136. The number of hydrogen-bond acceptors (Lipinski definition) is 3. The molecule has 1 amide bonds. The van der Waals surface area contributed by atoms with Crippen molar-refractivity contribution in [2.75, 3.05) is 18.5 Å². The molecular weight excluding hydrogens is 362 g/mol. The van der Waals surface area contributed by atoms with Gasteiger partial charge in [-0.05, 0) is 48.9 Å². The molecule has 0 spiro atoms. The van der Waals surface area contributed by atoms with Crippen molar-refractivity contribution in [3.8, 4) is 11.5 Å². The first-order valence-corrected chi connectivity index (χ1v) is 8.98. The van der Waals surface area contributed by atoms with Gasteiger partial charge in [-0.1, -0.05) is 48.0 Å². The number of carbonyl (C=O) groups excluding carboxylic acids is 1. The van der Waals surface area contributed by atoms with Crippen LogP contribution in [0.5, 0.6) is 11.5 Å². The first-order chi connectivity index (χ1) is 13.1. The van der Waals surface area contributed by atoms with Crippen LogP contribution >= 0.6 is 11.6 Å². The van der Waals surface area contributed by atoms with E-state index in [0.29, 0.717) is 35.2 Å². The molecule has 0 saturated heterocycles. The molecule has 0 fully saturated rings. The lowest BCUT2D eigenvalue weighted by Gasteiger charge is -2.13. The number of halogens is 1. The van der Waals surface area contributed by atoms with Crippen LogP contribution < -0.4 is 14.8 Å². The third-order valence-electron chi connectivity index (χ3n) is 3.91. The Morgan fingerprint density at radius 1 is 0.926 bits per heavy atom. The number of anilines is 1. The number of rotatable bonds is 7. The monoisotopic (exact) mass is 381 g/mol. The molecule has 0 radical (unpaired) electrons. The first-order valence-electron chi connectivity index (χ1n) is 8.60. The molecule has 3 aromatic carbocycles. The molecule has 0 aromatic heterocycles. The number of benzene rings is 3. The number of para-hydroxylation sites is 2. The smallest absolute Gasteiger partial charge is 0.259 e. The van der Waals surface area contributed by atoms with Crippen LogP contribution in [0.1, 0.15) is 15.9 Å². The minimum Gasteiger partial charge on any atom is -0.490 e. The van der Waals surface area contributed by atoms with E-state index in [1.165, 1.54) is 0 Å². The van der Waals surface area contributed by atoms with E-state index >= 15 is 0 Å². The Hall–Kier alpha value is -2.98. The fourth-order valence-electron chi connectivity index (χ4n) is 2.48. The number of nitrogens with one attached hydrogen (secondary N) is 1. The first kappa shape index (κ1) is 18.8. The van der Waals surface area contributed by atoms with Gasteiger partial charge in [0.05, 0.1) is 5.56 Å². The highest BCUT2D eigenvalue weighted by Gasteiger charge is 2.13. The standard InChI is InChI=1S/C22H20ClNO3/c1-16-11-12-17(15-20(16)23)24-22(25)19-9-5-6-10-21(19)27-14-13-26-18-7-3-2-4-8-18/h2-12,15H,13-14H2,1H3,(H,24,25). The van der Waals surface area contributed by atoms with Crippen molar-refractivity contribution < 1.29 is 14.3 Å². The summed E-state index contributed by atoms with van der Waals surface area (Å²) in [4.78, 5) is 12.6. The summed E-state index contributed by atoms with van der Waals surface area (Å²) in [5.74, 6) is 1.03. The lowest BCUT2D eigenvalue weighted by atomic mass is 10.1. The Bertz CT molecular complexity index is 912. The summed E-state index contributed by atoms with van der Waals surface area (Å²) >= 11 is 6.12. The molecule has 3 rings (SSSR count). The van der Waals surface area contributed by atoms with Gasteiger partial charge in [-0.2, -0.15) is 0 Å². The minimum atomic E-state index is -0.255. The molecule has 4 nitrogen and oxygen atoms in total. The second-order valence-electron chi connectivity index (χ2n) is 5.92. The van der Waals surface area contributed by atoms with Crippen LogP contribution in [0.3, 0.4) is 0 Å². The molecule has 1 N–H and O–H groups in total. The van der Waals surface area contributed by atoms with E-state index in [0.717, 1.165) is 11.3 Å². The van der Waals surface area contributed by atoms with Crippen LogP contribution in [-0.2, 0) is 0 Å². The Kier molecular flexibility index (Phi) is 6.34. The quantitative estimate of drug-likeness (QED) is 0.560. The average molecular weight is 382 g/mol. The van der Waals surface area contributed by atoms with Gasteiger partial charge in [0, 0.05) is 10.7 Å². The molecule has 3 aromatic rings. The Balaban J connectivity index is 1.60. The Labute approximate surface area is 163 Å². The number of aryl methyl sites for hydroxylation is 1. The van der Waals surface area contributed by atoms with Gasteiger partial charge in [0.1, 0.15) is 24.7 Å². The van der Waals surface area contributed by atoms with Gasteiger partial charge < -0.3 is 14.8 Å². The molecule has 0 aliphatic rings. The summed E-state index contributed by atoms with van der Waals surface area (Å²) in [7, 11) is 0. The normalized spacial score (nSPS) is 10.3. The maximum Gasteiger partial charge on any atom is 0.259 e. The van der Waals surface area contributed by atoms with Crippen molar-refractivity contribution in [1.29, 1.82) is 0 Å². The van der Waals surface area contributed by atoms with E-state index in [9.17, 15) is 4.79 Å². The molecule has 0 aliphatic carbocycles. The average Bonchev–Trinajstić information content (AvgIpc) is 2.69. The van der Waals surface area contributed by atoms with E-state index in [1.807, 2.05) is 55.5 Å². The minimum absolute atomic E-state index is 0.255. The molecule has 0 unspecified atom stereocenters. The van der Waals surface area contributed by atoms with Crippen molar-refractivity contribution in [2.45, 2.75) is 6.92 Å². The lowest BCUT2D eigenvalue weighted by Crippen LogP contribution is -2.15. The summed E-state index contributed by atoms with van der Waals surface area (Å²) in [6, 6.07) is 22.0. The Morgan fingerprint density at radius 3 is 2.41 bits per heavy atom. The zero-order valence-electron chi connectivity index (χ0n) is 14.9. The van der Waals surface area contributed by atoms with E-state index in [-0.39, 0.29) is 5.91 Å². The van der Waals surface area contributed by atoms with E-state index < -0.39 is 0 Å². The largest absolute Gasteiger partial charge is 0.490 e. The molecule has 0 saturated carbocycles. The summed E-state index contributed by atoms with van der Waals surface area (Å²) in [6.45, 7) is 2.62. The molecule has 138 valence electrons. The third kappa shape index (κ3) is 5.25. The van der Waals surface area contributed by atoms with Crippen molar-refractivity contribution >= 4 is 23.2 Å². The van der Waals surface area contributed by atoms with Gasteiger partial charge >= 0.3 is 0 Å². The predicted octanol–water partition coefficient (Wildman–Crippen LogP) is 5.36. The van der Waals surface area contributed by atoms with Crippen LogP contribution in [0.4, 0.5) is 5.69 Å². The van der Waals surface area contributed by atoms with Crippen LogP contribution in [-0.4, -0.2) is 19.1 Å². The molecule has 0 aliphatic heterocycles. The topological polar surface area (TPSA) is 47.6 Å². The number of carbonyl (C=O) groups is 1. The molecule has 5 heteroatoms. The highest BCUT2D eigenvalue weighted by molar-refractivity contribution is 6.31. The van der Waals surface area contributed by atoms with Crippen LogP contribution in [0.15, 0.2) is 72.8 Å². The molecule has 0 atom stereocenters. The number of ether oxygens (including phenoxy) is 2. The second kappa shape index (κ2) is 9.10. The zero-order valence-corrected chi connectivity index (χ0v) is 15.7. The summed E-state index contributed by atoms with van der Waals surface area (Å²) in [5, 5.41) is 3.46. The molecule has 0 bridgehead atoms. The third-order valence-corrected chi connectivity index (χ3v) is 4.32. The highest BCUT2D eigenvalue weighted by atomic mass is 35.5. The fourth-order valence-corrected chi connectivity index (χ4v) is 2.66. The number of amides is 1. The van der Waals surface area contributed by atoms with E-state index in [2.05, 4.69) is 5.32 Å². The maximum atomic E-state index is 12.6. The summed E-state index contributed by atoms with van der Waals surface area (Å²) < 4.78 is 11.4. The predicted molar refractivity (Wildman–Crippen MR) is 108 cm³/mol. The van der Waals surface area contributed by atoms with Crippen molar-refractivity contribution in [2.24, 2.45) is 0 Å². The van der Waals surface area contributed by atoms with Crippen molar-refractivity contribution in [3.05, 3.63) is 88.9 Å². The van der Waals surface area contributed by atoms with Crippen molar-refractivity contribution in [3.63, 3.8) is 0 Å². The number of hydrogen-bond donors (Lipinski definition) is 1. The maximum absolute atomic E-state index is 12.6. The van der Waals surface area contributed by atoms with Crippen LogP contribution in [0.2, 0.25) is 5.02 Å². The van der Waals surface area contributed by atoms with Crippen LogP contribution in [0.25, 0.3) is 0 Å². The van der Waals surface area contributed by atoms with Crippen LogP contribution in [0, 0.1) is 6.92 Å². The van der Waals surface area contributed by atoms with Gasteiger partial charge in [-0.15, -0.1) is 0 Å². The van der Waals surface area contributed by atoms with Gasteiger partial charge in [0.25, 0.3) is 5.91 Å². The summed E-state index contributed by atoms with van der Waals surface area (Å²) in [6.07, 6.45) is 0. The second-order valence-corrected chi connectivity index (χ2v) is 6.33. The van der Waals surface area contributed by atoms with Gasteiger partial charge in [0.15, 0.2) is 0 Å². The molecule has 0 heterocycles. The molecular formula is C22H20ClNO3. The van der Waals surface area contributed by atoms with Gasteiger partial charge in [-0.25, -0.2) is 0 Å². The lowest BCUT2D eigenvalue weighted by molar-refractivity contribution is 0.102.